The predicted molar refractivity (Wildman–Crippen MR) is 70.2 cm³/mol. The van der Waals surface area contributed by atoms with Crippen molar-refractivity contribution in [1.29, 1.82) is 0 Å². The van der Waals surface area contributed by atoms with Gasteiger partial charge in [0, 0.05) is 13.7 Å². The van der Waals surface area contributed by atoms with E-state index in [4.69, 9.17) is 8.85 Å². The summed E-state index contributed by atoms with van der Waals surface area (Å²) >= 11 is 0. The lowest BCUT2D eigenvalue weighted by Gasteiger charge is -2.29. The average Bonchev–Trinajstić information content (AvgIpc) is 2.36. The van der Waals surface area contributed by atoms with Gasteiger partial charge in [-0.2, -0.15) is 0 Å². The number of benzene rings is 1. The highest BCUT2D eigenvalue weighted by atomic mass is 28.4. The number of hydrogen-bond acceptors (Lipinski definition) is 2. The lowest BCUT2D eigenvalue weighted by atomic mass is 10.4. The smallest absolute Gasteiger partial charge is 0.372 e. The molecule has 0 spiro atoms. The first-order chi connectivity index (χ1) is 7.79. The Labute approximate surface area is 99.8 Å². The monoisotopic (exact) mass is 238 g/mol. The second-order valence-corrected chi connectivity index (χ2v) is 7.20. The average molecular weight is 238 g/mol. The molecule has 90 valence electrons. The lowest BCUT2D eigenvalue weighted by Crippen LogP contribution is -2.53. The maximum atomic E-state index is 6.07. The van der Waals surface area contributed by atoms with Crippen molar-refractivity contribution in [2.24, 2.45) is 0 Å². The SMILES string of the molecule is CCCO[Si](CCC)(OC)c1ccccc1. The summed E-state index contributed by atoms with van der Waals surface area (Å²) in [5.74, 6) is 0. The van der Waals surface area contributed by atoms with Crippen molar-refractivity contribution >= 4 is 13.7 Å². The zero-order chi connectivity index (χ0) is 11.9. The molecule has 0 aliphatic heterocycles. The zero-order valence-corrected chi connectivity index (χ0v) is 11.5. The van der Waals surface area contributed by atoms with Crippen LogP contribution in [0.25, 0.3) is 0 Å². The standard InChI is InChI=1S/C13H22O2Si/c1-4-11-15-16(14-3,12-5-2)13-9-7-6-8-10-13/h6-10H,4-5,11-12H2,1-3H3. The van der Waals surface area contributed by atoms with Crippen LogP contribution in [-0.4, -0.2) is 22.3 Å². The highest BCUT2D eigenvalue weighted by molar-refractivity contribution is 6.81. The largest absolute Gasteiger partial charge is 0.394 e. The van der Waals surface area contributed by atoms with E-state index in [1.807, 2.05) is 6.07 Å². The third kappa shape index (κ3) is 3.17. The second kappa shape index (κ2) is 6.84. The molecule has 0 aromatic heterocycles. The van der Waals surface area contributed by atoms with Gasteiger partial charge in [0.1, 0.15) is 0 Å². The van der Waals surface area contributed by atoms with E-state index in [0.717, 1.165) is 25.5 Å². The summed E-state index contributed by atoms with van der Waals surface area (Å²) in [6, 6.07) is 11.4. The van der Waals surface area contributed by atoms with Crippen LogP contribution in [0.3, 0.4) is 0 Å². The molecule has 1 rings (SSSR count). The van der Waals surface area contributed by atoms with Crippen LogP contribution in [0.2, 0.25) is 6.04 Å². The minimum Gasteiger partial charge on any atom is -0.394 e. The van der Waals surface area contributed by atoms with Gasteiger partial charge in [0.15, 0.2) is 0 Å². The molecule has 16 heavy (non-hydrogen) atoms. The summed E-state index contributed by atoms with van der Waals surface area (Å²) in [5.41, 5.74) is 0. The molecule has 2 nitrogen and oxygen atoms in total. The van der Waals surface area contributed by atoms with Crippen LogP contribution in [-0.2, 0) is 8.85 Å². The molecule has 0 saturated heterocycles. The molecule has 0 saturated carbocycles. The molecule has 1 aromatic carbocycles. The van der Waals surface area contributed by atoms with Crippen LogP contribution >= 0.6 is 0 Å². The molecule has 0 aliphatic rings. The van der Waals surface area contributed by atoms with E-state index in [9.17, 15) is 0 Å². The van der Waals surface area contributed by atoms with Gasteiger partial charge in [0.05, 0.1) is 0 Å². The van der Waals surface area contributed by atoms with Gasteiger partial charge >= 0.3 is 8.56 Å². The van der Waals surface area contributed by atoms with Crippen LogP contribution in [0.5, 0.6) is 0 Å². The maximum Gasteiger partial charge on any atom is 0.372 e. The van der Waals surface area contributed by atoms with Gasteiger partial charge in [-0.15, -0.1) is 0 Å². The minimum atomic E-state index is -2.17. The fraction of sp³-hybridized carbons (Fsp3) is 0.538. The fourth-order valence-electron chi connectivity index (χ4n) is 1.87. The molecule has 3 heteroatoms. The van der Waals surface area contributed by atoms with Gasteiger partial charge in [-0.25, -0.2) is 0 Å². The van der Waals surface area contributed by atoms with E-state index >= 15 is 0 Å². The molecule has 0 fully saturated rings. The van der Waals surface area contributed by atoms with Crippen molar-refractivity contribution in [2.75, 3.05) is 13.7 Å². The van der Waals surface area contributed by atoms with Crippen LogP contribution < -0.4 is 5.19 Å². The van der Waals surface area contributed by atoms with E-state index in [-0.39, 0.29) is 0 Å². The molecular formula is C13H22O2Si. The first-order valence-corrected chi connectivity index (χ1v) is 8.06. The van der Waals surface area contributed by atoms with Crippen molar-refractivity contribution in [3.63, 3.8) is 0 Å². The summed E-state index contributed by atoms with van der Waals surface area (Å²) in [6.07, 6.45) is 2.13. The Morgan fingerprint density at radius 1 is 1.06 bits per heavy atom. The number of rotatable bonds is 7. The van der Waals surface area contributed by atoms with Crippen LogP contribution in [0.1, 0.15) is 26.7 Å². The van der Waals surface area contributed by atoms with Crippen LogP contribution in [0.15, 0.2) is 30.3 Å². The normalized spacial score (nSPS) is 14.7. The molecule has 1 aromatic rings. The molecule has 0 aliphatic carbocycles. The molecular weight excluding hydrogens is 216 g/mol. The Morgan fingerprint density at radius 2 is 1.75 bits per heavy atom. The minimum absolute atomic E-state index is 0.787. The van der Waals surface area contributed by atoms with E-state index in [2.05, 4.69) is 38.1 Å². The highest BCUT2D eigenvalue weighted by Crippen LogP contribution is 2.15. The van der Waals surface area contributed by atoms with E-state index in [0.29, 0.717) is 0 Å². The van der Waals surface area contributed by atoms with E-state index < -0.39 is 8.56 Å². The number of hydrogen-bond donors (Lipinski definition) is 0. The van der Waals surface area contributed by atoms with Crippen molar-refractivity contribution in [1.82, 2.24) is 0 Å². The van der Waals surface area contributed by atoms with Crippen molar-refractivity contribution in [3.05, 3.63) is 30.3 Å². The Kier molecular flexibility index (Phi) is 5.73. The topological polar surface area (TPSA) is 18.5 Å². The maximum absolute atomic E-state index is 6.07. The Morgan fingerprint density at radius 3 is 2.25 bits per heavy atom. The van der Waals surface area contributed by atoms with E-state index in [1.165, 1.54) is 5.19 Å². The Balaban J connectivity index is 2.92. The fourth-order valence-corrected chi connectivity index (χ4v) is 4.92. The zero-order valence-electron chi connectivity index (χ0n) is 10.5. The summed E-state index contributed by atoms with van der Waals surface area (Å²) in [6.45, 7) is 5.10. The van der Waals surface area contributed by atoms with Crippen molar-refractivity contribution in [2.45, 2.75) is 32.7 Å². The van der Waals surface area contributed by atoms with Gasteiger partial charge in [0.25, 0.3) is 0 Å². The quantitative estimate of drug-likeness (QED) is 0.680. The molecule has 1 atom stereocenters. The van der Waals surface area contributed by atoms with Gasteiger partial charge < -0.3 is 8.85 Å². The van der Waals surface area contributed by atoms with Gasteiger partial charge in [-0.3, -0.25) is 0 Å². The highest BCUT2D eigenvalue weighted by Gasteiger charge is 2.37. The first kappa shape index (κ1) is 13.4. The summed E-state index contributed by atoms with van der Waals surface area (Å²) < 4.78 is 11.9. The van der Waals surface area contributed by atoms with E-state index in [1.54, 1.807) is 7.11 Å². The van der Waals surface area contributed by atoms with Crippen LogP contribution in [0, 0.1) is 0 Å². The van der Waals surface area contributed by atoms with Gasteiger partial charge in [-0.1, -0.05) is 50.6 Å². The third-order valence-electron chi connectivity index (χ3n) is 2.66. The summed E-state index contributed by atoms with van der Waals surface area (Å²) in [4.78, 5) is 0. The summed E-state index contributed by atoms with van der Waals surface area (Å²) in [7, 11) is -0.384. The molecule has 0 radical (unpaired) electrons. The molecule has 1 unspecified atom stereocenters. The van der Waals surface area contributed by atoms with Gasteiger partial charge in [0.2, 0.25) is 0 Å². The molecule has 0 N–H and O–H groups in total. The van der Waals surface area contributed by atoms with Crippen molar-refractivity contribution in [3.8, 4) is 0 Å². The molecule has 0 amide bonds. The van der Waals surface area contributed by atoms with Crippen LogP contribution in [0.4, 0.5) is 0 Å². The third-order valence-corrected chi connectivity index (χ3v) is 6.36. The Bertz CT molecular complexity index is 289. The Hall–Kier alpha value is -0.643. The summed E-state index contributed by atoms with van der Waals surface area (Å²) in [5, 5.41) is 1.24. The second-order valence-electron chi connectivity index (χ2n) is 3.92. The molecule has 0 bridgehead atoms. The van der Waals surface area contributed by atoms with Gasteiger partial charge in [-0.05, 0) is 17.7 Å². The van der Waals surface area contributed by atoms with Crippen molar-refractivity contribution < 1.29 is 8.85 Å². The lowest BCUT2D eigenvalue weighted by molar-refractivity contribution is 0.211. The first-order valence-electron chi connectivity index (χ1n) is 6.03. The molecule has 0 heterocycles. The predicted octanol–water partition coefficient (Wildman–Crippen LogP) is 2.82.